The molecule has 2 nitrogen and oxygen atoms in total. The molecule has 0 aromatic heterocycles. The molecular formula is C7H9NOPt. The van der Waals surface area contributed by atoms with Crippen molar-refractivity contribution in [3.63, 3.8) is 0 Å². The van der Waals surface area contributed by atoms with Gasteiger partial charge in [-0.15, -0.1) is 0 Å². The smallest absolute Gasteiger partial charge is 0.0930 e. The standard InChI is InChI=1S/C7H9NO.Pt/c8-9-6-7-4-2-1-3-5-7;/h1-5H,6,8H2;. The fourth-order valence-corrected chi connectivity index (χ4v) is 0.670. The Morgan fingerprint density at radius 3 is 2.30 bits per heavy atom. The minimum atomic E-state index is 0. The van der Waals surface area contributed by atoms with Gasteiger partial charge in [-0.05, 0) is 5.56 Å². The Bertz CT molecular complexity index is 167. The van der Waals surface area contributed by atoms with Crippen LogP contribution in [0.1, 0.15) is 5.56 Å². The minimum absolute atomic E-state index is 0. The maximum absolute atomic E-state index is 4.86. The average molecular weight is 318 g/mol. The third-order valence-electron chi connectivity index (χ3n) is 1.09. The Morgan fingerprint density at radius 2 is 1.80 bits per heavy atom. The van der Waals surface area contributed by atoms with Crippen molar-refractivity contribution in [1.29, 1.82) is 0 Å². The molecule has 0 heterocycles. The van der Waals surface area contributed by atoms with E-state index in [2.05, 4.69) is 4.84 Å². The van der Waals surface area contributed by atoms with Crippen LogP contribution in [0.3, 0.4) is 0 Å². The Morgan fingerprint density at radius 1 is 1.20 bits per heavy atom. The van der Waals surface area contributed by atoms with Gasteiger partial charge in [-0.1, -0.05) is 30.3 Å². The van der Waals surface area contributed by atoms with E-state index in [1.165, 1.54) is 0 Å². The van der Waals surface area contributed by atoms with Crippen molar-refractivity contribution in [2.24, 2.45) is 5.90 Å². The Labute approximate surface area is 74.6 Å². The van der Waals surface area contributed by atoms with E-state index in [1.54, 1.807) is 0 Å². The number of nitrogens with two attached hydrogens (primary N) is 1. The van der Waals surface area contributed by atoms with E-state index >= 15 is 0 Å². The first-order valence-electron chi connectivity index (χ1n) is 2.79. The van der Waals surface area contributed by atoms with Gasteiger partial charge < -0.3 is 0 Å². The van der Waals surface area contributed by atoms with Crippen LogP contribution in [0.2, 0.25) is 0 Å². The summed E-state index contributed by atoms with van der Waals surface area (Å²) >= 11 is 0. The number of hydrogen-bond donors (Lipinski definition) is 1. The van der Waals surface area contributed by atoms with Crippen LogP contribution >= 0.6 is 0 Å². The van der Waals surface area contributed by atoms with Crippen LogP contribution in [0.25, 0.3) is 0 Å². The molecule has 0 aliphatic carbocycles. The molecule has 0 aliphatic rings. The Hall–Kier alpha value is -0.172. The van der Waals surface area contributed by atoms with Gasteiger partial charge in [-0.25, -0.2) is 5.90 Å². The number of hydrogen-bond acceptors (Lipinski definition) is 2. The van der Waals surface area contributed by atoms with E-state index in [9.17, 15) is 0 Å². The second-order valence-electron chi connectivity index (χ2n) is 1.80. The van der Waals surface area contributed by atoms with E-state index < -0.39 is 0 Å². The maximum Gasteiger partial charge on any atom is 0.0930 e. The topological polar surface area (TPSA) is 35.2 Å². The molecule has 0 amide bonds. The fraction of sp³-hybridized carbons (Fsp3) is 0.143. The maximum atomic E-state index is 4.86. The zero-order valence-corrected chi connectivity index (χ0v) is 7.67. The molecule has 0 radical (unpaired) electrons. The second-order valence-corrected chi connectivity index (χ2v) is 1.80. The molecule has 10 heavy (non-hydrogen) atoms. The van der Waals surface area contributed by atoms with Gasteiger partial charge in [0.05, 0.1) is 6.61 Å². The molecule has 0 bridgehead atoms. The molecule has 0 unspecified atom stereocenters. The largest absolute Gasteiger partial charge is 0.300 e. The van der Waals surface area contributed by atoms with Crippen molar-refractivity contribution < 1.29 is 25.9 Å². The average Bonchev–Trinajstić information content (AvgIpc) is 1.91. The van der Waals surface area contributed by atoms with E-state index in [-0.39, 0.29) is 21.1 Å². The first-order valence-corrected chi connectivity index (χ1v) is 2.79. The van der Waals surface area contributed by atoms with Crippen LogP contribution in [0.15, 0.2) is 30.3 Å². The molecule has 58 valence electrons. The van der Waals surface area contributed by atoms with Crippen molar-refractivity contribution >= 4 is 0 Å². The third-order valence-corrected chi connectivity index (χ3v) is 1.09. The van der Waals surface area contributed by atoms with Crippen LogP contribution < -0.4 is 5.90 Å². The van der Waals surface area contributed by atoms with Crippen LogP contribution in [-0.4, -0.2) is 0 Å². The van der Waals surface area contributed by atoms with E-state index in [1.807, 2.05) is 30.3 Å². The fourth-order valence-electron chi connectivity index (χ4n) is 0.670. The van der Waals surface area contributed by atoms with Gasteiger partial charge in [0.25, 0.3) is 0 Å². The van der Waals surface area contributed by atoms with E-state index in [0.29, 0.717) is 6.61 Å². The first-order chi connectivity index (χ1) is 4.43. The molecule has 0 saturated heterocycles. The summed E-state index contributed by atoms with van der Waals surface area (Å²) in [7, 11) is 0. The quantitative estimate of drug-likeness (QED) is 0.828. The van der Waals surface area contributed by atoms with Crippen LogP contribution in [0.4, 0.5) is 0 Å². The number of rotatable bonds is 2. The van der Waals surface area contributed by atoms with Gasteiger partial charge in [0, 0.05) is 21.1 Å². The molecule has 0 spiro atoms. The Kier molecular flexibility index (Phi) is 5.50. The summed E-state index contributed by atoms with van der Waals surface area (Å²) in [6.07, 6.45) is 0. The molecule has 0 atom stereocenters. The summed E-state index contributed by atoms with van der Waals surface area (Å²) in [6.45, 7) is 0.487. The molecule has 1 aromatic carbocycles. The summed E-state index contributed by atoms with van der Waals surface area (Å²) in [5.74, 6) is 4.86. The van der Waals surface area contributed by atoms with E-state index in [0.717, 1.165) is 5.56 Å². The molecule has 0 aliphatic heterocycles. The zero-order chi connectivity index (χ0) is 6.53. The van der Waals surface area contributed by atoms with Gasteiger partial charge in [0.2, 0.25) is 0 Å². The molecule has 3 heteroatoms. The molecule has 1 rings (SSSR count). The molecular weight excluding hydrogens is 309 g/mol. The Balaban J connectivity index is 0.000000810. The minimum Gasteiger partial charge on any atom is -0.300 e. The van der Waals surface area contributed by atoms with Crippen LogP contribution in [0.5, 0.6) is 0 Å². The normalized spacial score (nSPS) is 8.50. The van der Waals surface area contributed by atoms with Gasteiger partial charge >= 0.3 is 0 Å². The van der Waals surface area contributed by atoms with Crippen molar-refractivity contribution in [1.82, 2.24) is 0 Å². The SMILES string of the molecule is NOCc1ccccc1.[Pt]. The molecule has 2 N–H and O–H groups in total. The van der Waals surface area contributed by atoms with Gasteiger partial charge in [0.15, 0.2) is 0 Å². The third kappa shape index (κ3) is 3.11. The van der Waals surface area contributed by atoms with Gasteiger partial charge in [-0.2, -0.15) is 0 Å². The summed E-state index contributed by atoms with van der Waals surface area (Å²) in [5, 5.41) is 0. The molecule has 1 aromatic rings. The predicted octanol–water partition coefficient (Wildman–Crippen LogP) is 1.07. The van der Waals surface area contributed by atoms with Crippen LogP contribution in [-0.2, 0) is 32.5 Å². The predicted molar refractivity (Wildman–Crippen MR) is 35.4 cm³/mol. The molecule has 0 fully saturated rings. The van der Waals surface area contributed by atoms with Crippen molar-refractivity contribution in [3.8, 4) is 0 Å². The van der Waals surface area contributed by atoms with E-state index in [4.69, 9.17) is 5.90 Å². The summed E-state index contributed by atoms with van der Waals surface area (Å²) in [5.41, 5.74) is 1.10. The van der Waals surface area contributed by atoms with Gasteiger partial charge in [0.1, 0.15) is 0 Å². The monoisotopic (exact) mass is 318 g/mol. The second kappa shape index (κ2) is 5.60. The van der Waals surface area contributed by atoms with Gasteiger partial charge in [-0.3, -0.25) is 4.84 Å². The van der Waals surface area contributed by atoms with Crippen molar-refractivity contribution in [3.05, 3.63) is 35.9 Å². The summed E-state index contributed by atoms with van der Waals surface area (Å²) in [4.78, 5) is 4.43. The first kappa shape index (κ1) is 9.83. The summed E-state index contributed by atoms with van der Waals surface area (Å²) in [6, 6.07) is 9.79. The van der Waals surface area contributed by atoms with Crippen molar-refractivity contribution in [2.75, 3.05) is 0 Å². The van der Waals surface area contributed by atoms with Crippen LogP contribution in [0, 0.1) is 0 Å². The number of benzene rings is 1. The van der Waals surface area contributed by atoms with Crippen molar-refractivity contribution in [2.45, 2.75) is 6.61 Å². The molecule has 0 saturated carbocycles. The zero-order valence-electron chi connectivity index (χ0n) is 5.40. The summed E-state index contributed by atoms with van der Waals surface area (Å²) < 4.78 is 0.